The van der Waals surface area contributed by atoms with Crippen molar-refractivity contribution in [1.29, 1.82) is 0 Å². The molecule has 3 rings (SSSR count). The van der Waals surface area contributed by atoms with Gasteiger partial charge >= 0.3 is 5.97 Å². The number of amides is 1. The first-order chi connectivity index (χ1) is 12.1. The van der Waals surface area contributed by atoms with E-state index in [2.05, 4.69) is 17.4 Å². The van der Waals surface area contributed by atoms with Gasteiger partial charge in [0, 0.05) is 5.69 Å². The zero-order valence-electron chi connectivity index (χ0n) is 14.0. The second kappa shape index (κ2) is 7.94. The lowest BCUT2D eigenvalue weighted by Gasteiger charge is -2.20. The van der Waals surface area contributed by atoms with Crippen LogP contribution in [0.15, 0.2) is 54.6 Å². The van der Waals surface area contributed by atoms with Crippen molar-refractivity contribution in [3.63, 3.8) is 0 Å². The van der Waals surface area contributed by atoms with Crippen LogP contribution in [0.4, 0.5) is 5.69 Å². The molecule has 0 bridgehead atoms. The van der Waals surface area contributed by atoms with Gasteiger partial charge in [-0.3, -0.25) is 14.5 Å². The van der Waals surface area contributed by atoms with E-state index in [0.717, 1.165) is 24.1 Å². The third-order valence-corrected chi connectivity index (χ3v) is 4.52. The number of carboxylic acid groups (broad SMARTS) is 1. The Morgan fingerprint density at radius 2 is 1.80 bits per heavy atom. The molecule has 1 fully saturated rings. The number of para-hydroxylation sites is 1. The van der Waals surface area contributed by atoms with Crippen molar-refractivity contribution in [2.45, 2.75) is 25.3 Å². The molecule has 130 valence electrons. The van der Waals surface area contributed by atoms with Crippen LogP contribution >= 0.6 is 0 Å². The van der Waals surface area contributed by atoms with E-state index in [1.54, 1.807) is 4.90 Å². The van der Waals surface area contributed by atoms with E-state index in [1.807, 2.05) is 42.5 Å². The fourth-order valence-corrected chi connectivity index (χ4v) is 3.28. The second-order valence-electron chi connectivity index (χ2n) is 6.33. The number of likely N-dealkylation sites (tertiary alicyclic amines) is 1. The van der Waals surface area contributed by atoms with Crippen molar-refractivity contribution in [1.82, 2.24) is 4.90 Å². The van der Waals surface area contributed by atoms with Gasteiger partial charge in [-0.2, -0.15) is 0 Å². The van der Waals surface area contributed by atoms with E-state index in [4.69, 9.17) is 0 Å². The summed E-state index contributed by atoms with van der Waals surface area (Å²) in [5, 5.41) is 12.2. The van der Waals surface area contributed by atoms with E-state index in [-0.39, 0.29) is 12.5 Å². The van der Waals surface area contributed by atoms with Crippen molar-refractivity contribution >= 4 is 17.6 Å². The fraction of sp³-hybridized carbons (Fsp3) is 0.300. The van der Waals surface area contributed by atoms with Crippen LogP contribution in [0, 0.1) is 0 Å². The zero-order chi connectivity index (χ0) is 17.6. The molecule has 2 N–H and O–H groups in total. The van der Waals surface area contributed by atoms with Crippen molar-refractivity contribution < 1.29 is 14.7 Å². The molecule has 1 heterocycles. The molecule has 0 aromatic heterocycles. The first kappa shape index (κ1) is 17.2. The van der Waals surface area contributed by atoms with Gasteiger partial charge in [0.15, 0.2) is 0 Å². The Labute approximate surface area is 147 Å². The summed E-state index contributed by atoms with van der Waals surface area (Å²) in [5.74, 6) is -1.02. The minimum absolute atomic E-state index is 0.108. The highest BCUT2D eigenvalue weighted by molar-refractivity contribution is 5.93. The third-order valence-electron chi connectivity index (χ3n) is 4.52. The van der Waals surface area contributed by atoms with E-state index >= 15 is 0 Å². The molecule has 2 aromatic carbocycles. The van der Waals surface area contributed by atoms with Crippen LogP contribution in [0.1, 0.15) is 24.0 Å². The Hall–Kier alpha value is -2.66. The molecule has 1 amide bonds. The lowest BCUT2D eigenvalue weighted by Crippen LogP contribution is -2.41. The highest BCUT2D eigenvalue weighted by Gasteiger charge is 2.31. The van der Waals surface area contributed by atoms with Gasteiger partial charge in [0.1, 0.15) is 6.04 Å². The standard InChI is InChI=1S/C20H22N2O3/c23-19(14-22-12-6-11-18(22)20(24)25)21-17-10-5-4-9-16(17)13-15-7-2-1-3-8-15/h1-5,7-10,18H,6,11-14H2,(H,21,23)(H,24,25). The van der Waals surface area contributed by atoms with Crippen LogP contribution in [0.2, 0.25) is 0 Å². The van der Waals surface area contributed by atoms with E-state index < -0.39 is 12.0 Å². The molecule has 0 saturated carbocycles. The highest BCUT2D eigenvalue weighted by atomic mass is 16.4. The lowest BCUT2D eigenvalue weighted by molar-refractivity contribution is -0.142. The average molecular weight is 338 g/mol. The summed E-state index contributed by atoms with van der Waals surface area (Å²) in [6, 6.07) is 17.3. The third kappa shape index (κ3) is 4.45. The van der Waals surface area contributed by atoms with Gasteiger partial charge in [-0.25, -0.2) is 0 Å². The molecule has 1 saturated heterocycles. The highest BCUT2D eigenvalue weighted by Crippen LogP contribution is 2.20. The number of nitrogens with one attached hydrogen (secondary N) is 1. The summed E-state index contributed by atoms with van der Waals surface area (Å²) in [4.78, 5) is 25.4. The number of carbonyl (C=O) groups excluding carboxylic acids is 1. The van der Waals surface area contributed by atoms with Crippen molar-refractivity contribution in [3.8, 4) is 0 Å². The molecule has 2 aromatic rings. The molecule has 1 unspecified atom stereocenters. The van der Waals surface area contributed by atoms with E-state index in [0.29, 0.717) is 13.0 Å². The molecule has 0 spiro atoms. The number of carboxylic acids is 1. The Kier molecular flexibility index (Phi) is 5.46. The van der Waals surface area contributed by atoms with Gasteiger partial charge in [-0.15, -0.1) is 0 Å². The van der Waals surface area contributed by atoms with Crippen molar-refractivity contribution in [3.05, 3.63) is 65.7 Å². The quantitative estimate of drug-likeness (QED) is 0.850. The average Bonchev–Trinajstić information content (AvgIpc) is 3.06. The van der Waals surface area contributed by atoms with E-state index in [1.165, 1.54) is 5.56 Å². The number of anilines is 1. The van der Waals surface area contributed by atoms with Crippen LogP contribution < -0.4 is 5.32 Å². The van der Waals surface area contributed by atoms with Gasteiger partial charge < -0.3 is 10.4 Å². The number of nitrogens with zero attached hydrogens (tertiary/aromatic N) is 1. The lowest BCUT2D eigenvalue weighted by atomic mass is 10.0. The minimum Gasteiger partial charge on any atom is -0.480 e. The maximum absolute atomic E-state index is 12.4. The normalized spacial score (nSPS) is 17.4. The molecular weight excluding hydrogens is 316 g/mol. The summed E-state index contributed by atoms with van der Waals surface area (Å²) in [5.41, 5.74) is 3.00. The number of carbonyl (C=O) groups is 2. The molecule has 5 heteroatoms. The predicted octanol–water partition coefficient (Wildman–Crippen LogP) is 2.76. The van der Waals surface area contributed by atoms with Crippen LogP contribution in [0.3, 0.4) is 0 Å². The summed E-state index contributed by atoms with van der Waals surface area (Å²) in [6.07, 6.45) is 2.15. The predicted molar refractivity (Wildman–Crippen MR) is 96.6 cm³/mol. The summed E-state index contributed by atoms with van der Waals surface area (Å²) in [7, 11) is 0. The summed E-state index contributed by atoms with van der Waals surface area (Å²) in [6.45, 7) is 0.757. The first-order valence-electron chi connectivity index (χ1n) is 8.52. The molecule has 1 atom stereocenters. The first-order valence-corrected chi connectivity index (χ1v) is 8.52. The number of rotatable bonds is 6. The largest absolute Gasteiger partial charge is 0.480 e. The van der Waals surface area contributed by atoms with Gasteiger partial charge in [0.2, 0.25) is 5.91 Å². The van der Waals surface area contributed by atoms with E-state index in [9.17, 15) is 14.7 Å². The molecular formula is C20H22N2O3. The van der Waals surface area contributed by atoms with Crippen LogP contribution in [-0.4, -0.2) is 41.0 Å². The summed E-state index contributed by atoms with van der Waals surface area (Å²) >= 11 is 0. The minimum atomic E-state index is -0.852. The van der Waals surface area contributed by atoms with Crippen molar-refractivity contribution in [2.24, 2.45) is 0 Å². The Morgan fingerprint density at radius 1 is 1.08 bits per heavy atom. The number of aliphatic carboxylic acids is 1. The van der Waals surface area contributed by atoms with Gasteiger partial charge in [0.25, 0.3) is 0 Å². The molecule has 0 radical (unpaired) electrons. The number of hydrogen-bond donors (Lipinski definition) is 2. The van der Waals surface area contributed by atoms with Crippen LogP contribution in [0.5, 0.6) is 0 Å². The van der Waals surface area contributed by atoms with Crippen molar-refractivity contribution in [2.75, 3.05) is 18.4 Å². The molecule has 1 aliphatic heterocycles. The topological polar surface area (TPSA) is 69.6 Å². The van der Waals surface area contributed by atoms with Crippen LogP contribution in [0.25, 0.3) is 0 Å². The zero-order valence-corrected chi connectivity index (χ0v) is 14.0. The van der Waals surface area contributed by atoms with Crippen LogP contribution in [-0.2, 0) is 16.0 Å². The molecule has 5 nitrogen and oxygen atoms in total. The maximum Gasteiger partial charge on any atom is 0.320 e. The monoisotopic (exact) mass is 338 g/mol. The van der Waals surface area contributed by atoms with Gasteiger partial charge in [-0.05, 0) is 43.0 Å². The SMILES string of the molecule is O=C(CN1CCCC1C(=O)O)Nc1ccccc1Cc1ccccc1. The van der Waals surface area contributed by atoms with Gasteiger partial charge in [-0.1, -0.05) is 48.5 Å². The Bertz CT molecular complexity index is 746. The molecule has 0 aliphatic carbocycles. The summed E-state index contributed by atoms with van der Waals surface area (Å²) < 4.78 is 0. The molecule has 1 aliphatic rings. The second-order valence-corrected chi connectivity index (χ2v) is 6.33. The number of hydrogen-bond acceptors (Lipinski definition) is 3. The Morgan fingerprint density at radius 3 is 2.56 bits per heavy atom. The number of benzene rings is 2. The van der Waals surface area contributed by atoms with Gasteiger partial charge in [0.05, 0.1) is 6.54 Å². The molecule has 25 heavy (non-hydrogen) atoms. The maximum atomic E-state index is 12.4. The fourth-order valence-electron chi connectivity index (χ4n) is 3.28. The smallest absolute Gasteiger partial charge is 0.320 e. The Balaban J connectivity index is 1.66.